The summed E-state index contributed by atoms with van der Waals surface area (Å²) in [7, 11) is 1.69. The van der Waals surface area contributed by atoms with E-state index in [1.807, 2.05) is 47.8 Å². The number of ether oxygens (including phenoxy) is 1. The fourth-order valence-corrected chi connectivity index (χ4v) is 7.40. The van der Waals surface area contributed by atoms with Crippen molar-refractivity contribution in [2.24, 2.45) is 0 Å². The molecule has 2 heterocycles. The van der Waals surface area contributed by atoms with Crippen LogP contribution in [0, 0.1) is 0 Å². The molecule has 0 bridgehead atoms. The number of benzene rings is 2. The highest BCUT2D eigenvalue weighted by molar-refractivity contribution is 8.36. The van der Waals surface area contributed by atoms with Gasteiger partial charge >= 0.3 is 0 Å². The van der Waals surface area contributed by atoms with Gasteiger partial charge in [0.25, 0.3) is 0 Å². The second-order valence-corrected chi connectivity index (χ2v) is 9.94. The first-order valence-corrected chi connectivity index (χ1v) is 11.3. The minimum atomic E-state index is 0.0869. The van der Waals surface area contributed by atoms with Gasteiger partial charge in [-0.15, -0.1) is 0 Å². The van der Waals surface area contributed by atoms with Gasteiger partial charge in [-0.2, -0.15) is 0 Å². The lowest BCUT2D eigenvalue weighted by Crippen LogP contribution is -1.83. The SMILES string of the molecule is COc1ccc(C2=CS/C(=C3/SC=C(c4ccc(CO)cc4)S3)S2)cc1. The average molecular weight is 417 g/mol. The quantitative estimate of drug-likeness (QED) is 0.606. The van der Waals surface area contributed by atoms with Crippen molar-refractivity contribution in [2.45, 2.75) is 6.61 Å². The Labute approximate surface area is 170 Å². The maximum atomic E-state index is 9.18. The number of aliphatic hydroxyl groups is 1. The van der Waals surface area contributed by atoms with Crippen LogP contribution >= 0.6 is 47.0 Å². The van der Waals surface area contributed by atoms with Gasteiger partial charge in [0.05, 0.1) is 22.2 Å². The monoisotopic (exact) mass is 416 g/mol. The molecule has 0 amide bonds. The van der Waals surface area contributed by atoms with Crippen molar-refractivity contribution in [3.8, 4) is 5.75 Å². The van der Waals surface area contributed by atoms with Crippen LogP contribution in [0.15, 0.2) is 67.8 Å². The molecule has 6 heteroatoms. The van der Waals surface area contributed by atoms with Gasteiger partial charge < -0.3 is 9.84 Å². The van der Waals surface area contributed by atoms with Crippen LogP contribution in [-0.2, 0) is 6.61 Å². The van der Waals surface area contributed by atoms with Gasteiger partial charge in [-0.25, -0.2) is 0 Å². The van der Waals surface area contributed by atoms with E-state index < -0.39 is 0 Å². The normalized spacial score (nSPS) is 19.5. The highest BCUT2D eigenvalue weighted by atomic mass is 32.2. The molecule has 2 nitrogen and oxygen atoms in total. The van der Waals surface area contributed by atoms with E-state index in [0.29, 0.717) is 0 Å². The van der Waals surface area contributed by atoms with Crippen LogP contribution in [0.25, 0.3) is 9.81 Å². The highest BCUT2D eigenvalue weighted by Gasteiger charge is 2.23. The summed E-state index contributed by atoms with van der Waals surface area (Å²) in [5, 5.41) is 13.6. The predicted octanol–water partition coefficient (Wildman–Crippen LogP) is 6.57. The summed E-state index contributed by atoms with van der Waals surface area (Å²) in [6.07, 6.45) is 0. The van der Waals surface area contributed by atoms with Gasteiger partial charge in [0.1, 0.15) is 5.75 Å². The summed E-state index contributed by atoms with van der Waals surface area (Å²) in [6.45, 7) is 0.0869. The molecule has 2 aliphatic rings. The molecule has 0 saturated carbocycles. The number of aliphatic hydroxyl groups excluding tert-OH is 1. The standard InChI is InChI=1S/C20H16O2S4/c1-22-16-8-6-15(7-9-16)18-12-24-20(26-18)19-23-11-17(25-19)14-4-2-13(10-21)3-5-14/h2-9,11-12,21H,10H2,1H3/b20-19+. The van der Waals surface area contributed by atoms with E-state index >= 15 is 0 Å². The van der Waals surface area contributed by atoms with Crippen LogP contribution in [0.4, 0.5) is 0 Å². The van der Waals surface area contributed by atoms with Gasteiger partial charge in [0, 0.05) is 9.81 Å². The van der Waals surface area contributed by atoms with Crippen molar-refractivity contribution in [2.75, 3.05) is 7.11 Å². The third kappa shape index (κ3) is 3.89. The van der Waals surface area contributed by atoms with Gasteiger partial charge in [0.2, 0.25) is 0 Å². The van der Waals surface area contributed by atoms with Crippen molar-refractivity contribution in [3.05, 3.63) is 84.5 Å². The van der Waals surface area contributed by atoms with Crippen LogP contribution in [-0.4, -0.2) is 12.2 Å². The number of thioether (sulfide) groups is 4. The molecule has 0 saturated heterocycles. The summed E-state index contributed by atoms with van der Waals surface area (Å²) in [4.78, 5) is 2.54. The Balaban J connectivity index is 1.45. The summed E-state index contributed by atoms with van der Waals surface area (Å²) in [6, 6.07) is 16.3. The Morgan fingerprint density at radius 2 is 1.27 bits per heavy atom. The molecule has 2 aromatic carbocycles. The van der Waals surface area contributed by atoms with Gasteiger partial charge in [-0.1, -0.05) is 83.4 Å². The molecule has 0 atom stereocenters. The molecular weight excluding hydrogens is 400 g/mol. The second-order valence-electron chi connectivity index (χ2n) is 5.56. The third-order valence-electron chi connectivity index (χ3n) is 3.91. The zero-order chi connectivity index (χ0) is 17.9. The third-order valence-corrected chi connectivity index (χ3v) is 9.28. The molecule has 0 aromatic heterocycles. The number of rotatable bonds is 4. The van der Waals surface area contributed by atoms with Crippen molar-refractivity contribution >= 4 is 56.9 Å². The molecule has 0 aliphatic carbocycles. The molecule has 1 N–H and O–H groups in total. The summed E-state index contributed by atoms with van der Waals surface area (Å²) in [5.41, 5.74) is 3.37. The Morgan fingerprint density at radius 1 is 0.769 bits per heavy atom. The summed E-state index contributed by atoms with van der Waals surface area (Å²) >= 11 is 7.25. The van der Waals surface area contributed by atoms with Crippen LogP contribution < -0.4 is 4.74 Å². The molecule has 2 aromatic rings. The molecule has 0 unspecified atom stereocenters. The van der Waals surface area contributed by atoms with E-state index in [4.69, 9.17) is 4.74 Å². The highest BCUT2D eigenvalue weighted by Crippen LogP contribution is 2.58. The number of hydrogen-bond acceptors (Lipinski definition) is 6. The van der Waals surface area contributed by atoms with Crippen LogP contribution in [0.5, 0.6) is 5.75 Å². The van der Waals surface area contributed by atoms with E-state index in [-0.39, 0.29) is 6.61 Å². The topological polar surface area (TPSA) is 29.5 Å². The van der Waals surface area contributed by atoms with E-state index in [9.17, 15) is 5.11 Å². The Hall–Kier alpha value is -1.18. The fraction of sp³-hybridized carbons (Fsp3) is 0.100. The molecule has 0 radical (unpaired) electrons. The Kier molecular flexibility index (Phi) is 5.76. The smallest absolute Gasteiger partial charge is 0.118 e. The predicted molar refractivity (Wildman–Crippen MR) is 119 cm³/mol. The zero-order valence-corrected chi connectivity index (χ0v) is 17.2. The molecule has 26 heavy (non-hydrogen) atoms. The molecule has 2 aliphatic heterocycles. The maximum Gasteiger partial charge on any atom is 0.118 e. The lowest BCUT2D eigenvalue weighted by Gasteiger charge is -2.06. The minimum absolute atomic E-state index is 0.0869. The van der Waals surface area contributed by atoms with Crippen molar-refractivity contribution in [1.29, 1.82) is 0 Å². The molecule has 0 fully saturated rings. The second kappa shape index (κ2) is 8.23. The average Bonchev–Trinajstić information content (AvgIpc) is 3.38. The fourth-order valence-electron chi connectivity index (χ4n) is 2.47. The summed E-state index contributed by atoms with van der Waals surface area (Å²) in [5.74, 6) is 0.881. The lowest BCUT2D eigenvalue weighted by atomic mass is 10.1. The van der Waals surface area contributed by atoms with E-state index in [0.717, 1.165) is 11.3 Å². The molecular formula is C20H16O2S4. The maximum absolute atomic E-state index is 9.18. The molecule has 132 valence electrons. The van der Waals surface area contributed by atoms with Crippen molar-refractivity contribution < 1.29 is 9.84 Å². The van der Waals surface area contributed by atoms with E-state index in [2.05, 4.69) is 35.1 Å². The van der Waals surface area contributed by atoms with Crippen LogP contribution in [0.3, 0.4) is 0 Å². The summed E-state index contributed by atoms with van der Waals surface area (Å²) < 4.78 is 7.91. The lowest BCUT2D eigenvalue weighted by molar-refractivity contribution is 0.282. The van der Waals surface area contributed by atoms with Crippen molar-refractivity contribution in [3.63, 3.8) is 0 Å². The molecule has 0 spiro atoms. The Bertz CT molecular complexity index is 821. The van der Waals surface area contributed by atoms with Crippen molar-refractivity contribution in [1.82, 2.24) is 0 Å². The minimum Gasteiger partial charge on any atom is -0.497 e. The van der Waals surface area contributed by atoms with Crippen LogP contribution in [0.2, 0.25) is 0 Å². The zero-order valence-electron chi connectivity index (χ0n) is 14.0. The van der Waals surface area contributed by atoms with Gasteiger partial charge in [-0.3, -0.25) is 0 Å². The van der Waals surface area contributed by atoms with Gasteiger partial charge in [0.15, 0.2) is 0 Å². The first-order valence-electron chi connectivity index (χ1n) is 7.95. The largest absolute Gasteiger partial charge is 0.497 e. The van der Waals surface area contributed by atoms with E-state index in [1.165, 1.54) is 29.4 Å². The Morgan fingerprint density at radius 3 is 1.73 bits per heavy atom. The van der Waals surface area contributed by atoms with Crippen LogP contribution in [0.1, 0.15) is 16.7 Å². The first-order chi connectivity index (χ1) is 12.8. The number of methoxy groups -OCH3 is 1. The van der Waals surface area contributed by atoms with E-state index in [1.54, 1.807) is 30.6 Å². The molecule has 4 rings (SSSR count). The number of hydrogen-bond donors (Lipinski definition) is 1. The first kappa shape index (κ1) is 18.2. The van der Waals surface area contributed by atoms with Gasteiger partial charge in [-0.05, 0) is 39.6 Å².